The lowest BCUT2D eigenvalue weighted by Crippen LogP contribution is -2.41. The second kappa shape index (κ2) is 6.76. The van der Waals surface area contributed by atoms with Crippen LogP contribution in [0.15, 0.2) is 42.5 Å². The molecule has 1 aromatic rings. The SMILES string of the molecule is C[C@H]1CC=C[C@@H](C2(COCc3ccccc3)CCCC2)O1. The van der Waals surface area contributed by atoms with Crippen molar-refractivity contribution in [2.45, 2.75) is 57.8 Å². The highest BCUT2D eigenvalue weighted by molar-refractivity contribution is 5.13. The third kappa shape index (κ3) is 3.56. The van der Waals surface area contributed by atoms with Crippen LogP contribution < -0.4 is 0 Å². The number of hydrogen-bond acceptors (Lipinski definition) is 2. The number of ether oxygens (including phenoxy) is 2. The van der Waals surface area contributed by atoms with Crippen LogP contribution in [0.25, 0.3) is 0 Å². The molecule has 2 heteroatoms. The van der Waals surface area contributed by atoms with Gasteiger partial charge in [0.2, 0.25) is 0 Å². The Kier molecular flexibility index (Phi) is 4.77. The molecule has 1 heterocycles. The maximum absolute atomic E-state index is 6.21. The molecule has 0 aromatic heterocycles. The van der Waals surface area contributed by atoms with E-state index in [1.165, 1.54) is 31.2 Å². The molecular weight excluding hydrogens is 260 g/mol. The summed E-state index contributed by atoms with van der Waals surface area (Å²) < 4.78 is 12.3. The molecule has 21 heavy (non-hydrogen) atoms. The summed E-state index contributed by atoms with van der Waals surface area (Å²) in [6, 6.07) is 10.4. The van der Waals surface area contributed by atoms with Gasteiger partial charge in [-0.2, -0.15) is 0 Å². The van der Waals surface area contributed by atoms with Crippen molar-refractivity contribution >= 4 is 0 Å². The molecule has 2 atom stereocenters. The highest BCUT2D eigenvalue weighted by Crippen LogP contribution is 2.44. The Bertz CT molecular complexity index is 460. The lowest BCUT2D eigenvalue weighted by Gasteiger charge is -2.38. The molecule has 1 aliphatic heterocycles. The van der Waals surface area contributed by atoms with Crippen LogP contribution >= 0.6 is 0 Å². The Labute approximate surface area is 128 Å². The molecule has 114 valence electrons. The van der Waals surface area contributed by atoms with Crippen molar-refractivity contribution in [3.05, 3.63) is 48.0 Å². The summed E-state index contributed by atoms with van der Waals surface area (Å²) in [7, 11) is 0. The van der Waals surface area contributed by atoms with Gasteiger partial charge in [0.25, 0.3) is 0 Å². The van der Waals surface area contributed by atoms with Crippen molar-refractivity contribution in [3.8, 4) is 0 Å². The van der Waals surface area contributed by atoms with E-state index in [9.17, 15) is 0 Å². The standard InChI is InChI=1S/C19H26O2/c1-16-8-7-11-18(21-16)19(12-5-6-13-19)15-20-14-17-9-3-2-4-10-17/h2-4,7,9-11,16,18H,5-6,8,12-15H2,1H3/t16-,18-/m0/s1. The zero-order chi connectivity index (χ0) is 14.5. The largest absolute Gasteiger partial charge is 0.376 e. The summed E-state index contributed by atoms with van der Waals surface area (Å²) in [5, 5.41) is 0. The quantitative estimate of drug-likeness (QED) is 0.742. The molecule has 1 aliphatic carbocycles. The van der Waals surface area contributed by atoms with E-state index < -0.39 is 0 Å². The molecule has 1 fully saturated rings. The number of benzene rings is 1. The van der Waals surface area contributed by atoms with Gasteiger partial charge in [-0.1, -0.05) is 55.3 Å². The molecule has 0 radical (unpaired) electrons. The van der Waals surface area contributed by atoms with Gasteiger partial charge >= 0.3 is 0 Å². The van der Waals surface area contributed by atoms with Crippen molar-refractivity contribution in [2.24, 2.45) is 5.41 Å². The Hall–Kier alpha value is -1.12. The molecule has 2 nitrogen and oxygen atoms in total. The molecule has 0 unspecified atom stereocenters. The van der Waals surface area contributed by atoms with Crippen molar-refractivity contribution in [1.29, 1.82) is 0 Å². The van der Waals surface area contributed by atoms with Crippen molar-refractivity contribution < 1.29 is 9.47 Å². The molecule has 0 saturated heterocycles. The number of hydrogen-bond donors (Lipinski definition) is 0. The Morgan fingerprint density at radius 1 is 1.19 bits per heavy atom. The van der Waals surface area contributed by atoms with E-state index >= 15 is 0 Å². The van der Waals surface area contributed by atoms with E-state index in [1.54, 1.807) is 0 Å². The average Bonchev–Trinajstić information content (AvgIpc) is 2.98. The third-order valence-electron chi connectivity index (χ3n) is 4.86. The summed E-state index contributed by atoms with van der Waals surface area (Å²) in [6.45, 7) is 3.68. The lowest BCUT2D eigenvalue weighted by molar-refractivity contribution is -0.0894. The fraction of sp³-hybridized carbons (Fsp3) is 0.579. The summed E-state index contributed by atoms with van der Waals surface area (Å²) >= 11 is 0. The van der Waals surface area contributed by atoms with E-state index in [4.69, 9.17) is 9.47 Å². The number of rotatable bonds is 5. The average molecular weight is 286 g/mol. The second-order valence-electron chi connectivity index (χ2n) is 6.58. The van der Waals surface area contributed by atoms with Gasteiger partial charge in [-0.05, 0) is 31.7 Å². The molecule has 1 aromatic carbocycles. The second-order valence-corrected chi connectivity index (χ2v) is 6.58. The van der Waals surface area contributed by atoms with Crippen LogP contribution in [0.5, 0.6) is 0 Å². The summed E-state index contributed by atoms with van der Waals surface area (Å²) in [6.07, 6.45) is 11.2. The lowest BCUT2D eigenvalue weighted by atomic mass is 9.79. The van der Waals surface area contributed by atoms with Gasteiger partial charge in [0, 0.05) is 5.41 Å². The normalized spacial score (nSPS) is 27.9. The zero-order valence-corrected chi connectivity index (χ0v) is 13.0. The van der Waals surface area contributed by atoms with Crippen molar-refractivity contribution in [2.75, 3.05) is 6.61 Å². The predicted molar refractivity (Wildman–Crippen MR) is 85.1 cm³/mol. The van der Waals surface area contributed by atoms with Gasteiger partial charge in [0.05, 0.1) is 25.4 Å². The van der Waals surface area contributed by atoms with Gasteiger partial charge in [0.1, 0.15) is 0 Å². The molecule has 1 saturated carbocycles. The first-order valence-electron chi connectivity index (χ1n) is 8.22. The summed E-state index contributed by atoms with van der Waals surface area (Å²) in [5.74, 6) is 0. The molecule has 2 aliphatic rings. The first kappa shape index (κ1) is 14.8. The van der Waals surface area contributed by atoms with E-state index in [2.05, 4.69) is 43.3 Å². The van der Waals surface area contributed by atoms with Crippen LogP contribution in [-0.4, -0.2) is 18.8 Å². The van der Waals surface area contributed by atoms with Gasteiger partial charge in [-0.25, -0.2) is 0 Å². The smallest absolute Gasteiger partial charge is 0.0837 e. The van der Waals surface area contributed by atoms with Crippen LogP contribution in [-0.2, 0) is 16.1 Å². The summed E-state index contributed by atoms with van der Waals surface area (Å²) in [4.78, 5) is 0. The minimum atomic E-state index is 0.194. The Morgan fingerprint density at radius 3 is 2.67 bits per heavy atom. The zero-order valence-electron chi connectivity index (χ0n) is 13.0. The van der Waals surface area contributed by atoms with E-state index in [0.29, 0.717) is 12.7 Å². The van der Waals surface area contributed by atoms with Crippen LogP contribution in [0.3, 0.4) is 0 Å². The molecule has 3 rings (SSSR count). The van der Waals surface area contributed by atoms with Gasteiger partial charge < -0.3 is 9.47 Å². The monoisotopic (exact) mass is 286 g/mol. The van der Waals surface area contributed by atoms with Gasteiger partial charge in [-0.3, -0.25) is 0 Å². The molecule has 0 N–H and O–H groups in total. The van der Waals surface area contributed by atoms with Crippen LogP contribution in [0, 0.1) is 5.41 Å². The topological polar surface area (TPSA) is 18.5 Å². The van der Waals surface area contributed by atoms with E-state index in [0.717, 1.165) is 13.0 Å². The van der Waals surface area contributed by atoms with Crippen LogP contribution in [0.4, 0.5) is 0 Å². The van der Waals surface area contributed by atoms with E-state index in [1.807, 2.05) is 6.07 Å². The van der Waals surface area contributed by atoms with Crippen LogP contribution in [0.2, 0.25) is 0 Å². The predicted octanol–water partition coefficient (Wildman–Crippen LogP) is 4.50. The minimum absolute atomic E-state index is 0.194. The van der Waals surface area contributed by atoms with E-state index in [-0.39, 0.29) is 11.5 Å². The van der Waals surface area contributed by atoms with Gasteiger partial charge in [0.15, 0.2) is 0 Å². The maximum Gasteiger partial charge on any atom is 0.0837 e. The Balaban J connectivity index is 1.61. The first-order chi connectivity index (χ1) is 10.3. The fourth-order valence-corrected chi connectivity index (χ4v) is 3.63. The van der Waals surface area contributed by atoms with Crippen molar-refractivity contribution in [1.82, 2.24) is 0 Å². The van der Waals surface area contributed by atoms with Gasteiger partial charge in [-0.15, -0.1) is 0 Å². The Morgan fingerprint density at radius 2 is 1.95 bits per heavy atom. The molecule has 0 bridgehead atoms. The van der Waals surface area contributed by atoms with Crippen LogP contribution in [0.1, 0.15) is 44.6 Å². The maximum atomic E-state index is 6.21. The fourth-order valence-electron chi connectivity index (χ4n) is 3.63. The highest BCUT2D eigenvalue weighted by atomic mass is 16.5. The molecule has 0 amide bonds. The molecule has 0 spiro atoms. The molecular formula is C19H26O2. The first-order valence-corrected chi connectivity index (χ1v) is 8.22. The minimum Gasteiger partial charge on any atom is -0.376 e. The van der Waals surface area contributed by atoms with Crippen molar-refractivity contribution in [3.63, 3.8) is 0 Å². The summed E-state index contributed by atoms with van der Waals surface area (Å²) in [5.41, 5.74) is 1.44. The highest BCUT2D eigenvalue weighted by Gasteiger charge is 2.42. The third-order valence-corrected chi connectivity index (χ3v) is 4.86.